The maximum atomic E-state index is 12.9. The number of nitrogens with zero attached hydrogens (tertiary/aromatic N) is 3. The van der Waals surface area contributed by atoms with Crippen LogP contribution in [0.15, 0.2) is 60.0 Å². The molecule has 32 heavy (non-hydrogen) atoms. The number of phenols is 1. The predicted molar refractivity (Wildman–Crippen MR) is 122 cm³/mol. The molecule has 1 aliphatic rings. The van der Waals surface area contributed by atoms with Crippen LogP contribution in [0.5, 0.6) is 17.2 Å². The van der Waals surface area contributed by atoms with Crippen molar-refractivity contribution in [2.24, 2.45) is 0 Å². The molecule has 0 aliphatic carbocycles. The molecule has 168 valence electrons. The molecule has 0 bridgehead atoms. The summed E-state index contributed by atoms with van der Waals surface area (Å²) in [7, 11) is -3.85. The van der Waals surface area contributed by atoms with Crippen LogP contribution < -0.4 is 16.0 Å². The second kappa shape index (κ2) is 8.81. The van der Waals surface area contributed by atoms with Gasteiger partial charge in [0, 0.05) is 19.2 Å². The molecule has 2 N–H and O–H groups in total. The summed E-state index contributed by atoms with van der Waals surface area (Å²) < 4.78 is 34.8. The molecule has 2 aromatic carbocycles. The lowest BCUT2D eigenvalue weighted by molar-refractivity contribution is 0.435. The minimum Gasteiger partial charge on any atom is -0.507 e. The molecule has 4 rings (SSSR count). The third kappa shape index (κ3) is 4.37. The number of hydrogen-bond acceptors (Lipinski definition) is 7. The number of sulfonamides is 1. The van der Waals surface area contributed by atoms with Gasteiger partial charge >= 0.3 is 5.69 Å². The number of aromatic hydroxyl groups is 1. The molecule has 1 saturated heterocycles. The molecular weight excluding hydrogens is 572 g/mol. The summed E-state index contributed by atoms with van der Waals surface area (Å²) in [5.74, 6) is 0.136. The van der Waals surface area contributed by atoms with Crippen LogP contribution in [0.2, 0.25) is 0 Å². The Morgan fingerprint density at radius 3 is 2.34 bits per heavy atom. The number of halogens is 2. The van der Waals surface area contributed by atoms with Crippen molar-refractivity contribution in [3.63, 3.8) is 0 Å². The fourth-order valence-electron chi connectivity index (χ4n) is 3.25. The van der Waals surface area contributed by atoms with Crippen LogP contribution in [0.4, 0.5) is 0 Å². The van der Waals surface area contributed by atoms with Gasteiger partial charge < -0.3 is 9.84 Å². The average Bonchev–Trinajstić information content (AvgIpc) is 3.27. The van der Waals surface area contributed by atoms with Crippen molar-refractivity contribution in [3.8, 4) is 22.9 Å². The van der Waals surface area contributed by atoms with Crippen LogP contribution in [0.25, 0.3) is 5.69 Å². The van der Waals surface area contributed by atoms with Crippen molar-refractivity contribution >= 4 is 41.9 Å². The van der Waals surface area contributed by atoms with Gasteiger partial charge in [0.2, 0.25) is 10.0 Å². The summed E-state index contributed by atoms with van der Waals surface area (Å²) in [5.41, 5.74) is -0.975. The third-order valence-electron chi connectivity index (χ3n) is 4.77. The lowest BCUT2D eigenvalue weighted by Gasteiger charge is -2.18. The Hall–Kier alpha value is -2.48. The lowest BCUT2D eigenvalue weighted by atomic mass is 10.3. The normalized spacial score (nSPS) is 14.6. The van der Waals surface area contributed by atoms with Crippen molar-refractivity contribution in [2.45, 2.75) is 17.7 Å². The van der Waals surface area contributed by atoms with Crippen LogP contribution in [0, 0.1) is 0 Å². The van der Waals surface area contributed by atoms with Gasteiger partial charge in [0.05, 0.1) is 14.6 Å². The number of ether oxygens (including phenoxy) is 1. The number of aromatic amines is 1. The Morgan fingerprint density at radius 1 is 1.06 bits per heavy atom. The third-order valence-corrected chi connectivity index (χ3v) is 7.88. The van der Waals surface area contributed by atoms with Gasteiger partial charge in [0.1, 0.15) is 22.6 Å². The van der Waals surface area contributed by atoms with Gasteiger partial charge in [-0.2, -0.15) is 14.1 Å². The van der Waals surface area contributed by atoms with E-state index in [1.54, 1.807) is 12.1 Å². The van der Waals surface area contributed by atoms with E-state index in [2.05, 4.69) is 41.9 Å². The molecular formula is C19H16Br2N4O6S. The fourth-order valence-corrected chi connectivity index (χ4v) is 6.19. The summed E-state index contributed by atoms with van der Waals surface area (Å²) >= 11 is 6.74. The van der Waals surface area contributed by atoms with E-state index < -0.39 is 21.3 Å². The summed E-state index contributed by atoms with van der Waals surface area (Å²) in [6, 6.07) is 7.07. The second-order valence-electron chi connectivity index (χ2n) is 6.93. The SMILES string of the molecule is O=c1cnn(-c2cc(Br)c(Oc3ccc(O)c(S(=O)(=O)N4CCCC4)c3)c(Br)c2)c(=O)[nH]1. The largest absolute Gasteiger partial charge is 0.507 e. The molecule has 1 fully saturated rings. The van der Waals surface area contributed by atoms with E-state index in [0.717, 1.165) is 23.7 Å². The topological polar surface area (TPSA) is 135 Å². The van der Waals surface area contributed by atoms with E-state index in [1.165, 1.54) is 22.5 Å². The number of benzene rings is 2. The van der Waals surface area contributed by atoms with Gasteiger partial charge in [-0.15, -0.1) is 0 Å². The number of phenolic OH excluding ortho intramolecular Hbond substituents is 1. The van der Waals surface area contributed by atoms with Gasteiger partial charge in [-0.1, -0.05) is 0 Å². The maximum Gasteiger partial charge on any atom is 0.349 e. The first-order valence-electron chi connectivity index (χ1n) is 9.36. The molecule has 0 amide bonds. The first kappa shape index (κ1) is 22.7. The molecule has 3 aromatic rings. The van der Waals surface area contributed by atoms with Crippen molar-refractivity contribution in [3.05, 3.63) is 66.3 Å². The Balaban J connectivity index is 1.69. The van der Waals surface area contributed by atoms with Crippen LogP contribution in [0.1, 0.15) is 12.8 Å². The minimum absolute atomic E-state index is 0.189. The standard InChI is InChI=1S/C19H16Br2N4O6S/c20-13-7-11(25-19(28)23-17(27)10-22-25)8-14(21)18(13)31-12-3-4-15(26)16(9-12)32(29,30)24-5-1-2-6-24/h3-4,7-10,26H,1-2,5-6H2,(H,23,27,28). The van der Waals surface area contributed by atoms with Gasteiger partial charge in [-0.05, 0) is 69.0 Å². The Kier molecular flexibility index (Phi) is 6.25. The molecule has 0 saturated carbocycles. The molecule has 10 nitrogen and oxygen atoms in total. The molecule has 0 spiro atoms. The van der Waals surface area contributed by atoms with Gasteiger partial charge in [-0.3, -0.25) is 9.78 Å². The number of aromatic nitrogens is 3. The molecule has 0 radical (unpaired) electrons. The zero-order valence-electron chi connectivity index (χ0n) is 16.3. The fraction of sp³-hybridized carbons (Fsp3) is 0.211. The van der Waals surface area contributed by atoms with Crippen LogP contribution in [-0.4, -0.2) is 45.7 Å². The quantitative estimate of drug-likeness (QED) is 0.468. The van der Waals surface area contributed by atoms with E-state index >= 15 is 0 Å². The highest BCUT2D eigenvalue weighted by atomic mass is 79.9. The molecule has 0 atom stereocenters. The second-order valence-corrected chi connectivity index (χ2v) is 10.5. The maximum absolute atomic E-state index is 12.9. The Labute approximate surface area is 198 Å². The van der Waals surface area contributed by atoms with Crippen LogP contribution in [-0.2, 0) is 10.0 Å². The first-order chi connectivity index (χ1) is 15.2. The van der Waals surface area contributed by atoms with E-state index in [0.29, 0.717) is 33.5 Å². The van der Waals surface area contributed by atoms with E-state index in [-0.39, 0.29) is 16.4 Å². The highest BCUT2D eigenvalue weighted by molar-refractivity contribution is 9.11. The first-order valence-corrected chi connectivity index (χ1v) is 12.4. The summed E-state index contributed by atoms with van der Waals surface area (Å²) in [6.07, 6.45) is 2.53. The van der Waals surface area contributed by atoms with Gasteiger partial charge in [0.25, 0.3) is 5.56 Å². The Morgan fingerprint density at radius 2 is 1.72 bits per heavy atom. The highest BCUT2D eigenvalue weighted by Gasteiger charge is 2.30. The van der Waals surface area contributed by atoms with Crippen LogP contribution in [0.3, 0.4) is 0 Å². The Bertz CT molecular complexity index is 1390. The van der Waals surface area contributed by atoms with Crippen molar-refractivity contribution in [2.75, 3.05) is 13.1 Å². The molecule has 13 heteroatoms. The zero-order valence-corrected chi connectivity index (χ0v) is 20.3. The summed E-state index contributed by atoms with van der Waals surface area (Å²) in [5, 5.41) is 14.0. The van der Waals surface area contributed by atoms with Crippen molar-refractivity contribution in [1.29, 1.82) is 0 Å². The highest BCUT2D eigenvalue weighted by Crippen LogP contribution is 2.40. The van der Waals surface area contributed by atoms with E-state index in [1.807, 2.05) is 0 Å². The van der Waals surface area contributed by atoms with Crippen LogP contribution >= 0.6 is 31.9 Å². The molecule has 1 aliphatic heterocycles. The zero-order chi connectivity index (χ0) is 23.0. The predicted octanol–water partition coefficient (Wildman–Crippen LogP) is 2.73. The number of nitrogens with one attached hydrogen (secondary N) is 1. The molecule has 1 aromatic heterocycles. The number of rotatable bonds is 5. The van der Waals surface area contributed by atoms with Crippen molar-refractivity contribution in [1.82, 2.24) is 19.1 Å². The van der Waals surface area contributed by atoms with Crippen molar-refractivity contribution < 1.29 is 18.3 Å². The monoisotopic (exact) mass is 586 g/mol. The number of H-pyrrole nitrogens is 1. The summed E-state index contributed by atoms with van der Waals surface area (Å²) in [6.45, 7) is 0.813. The van der Waals surface area contributed by atoms with Gasteiger partial charge in [-0.25, -0.2) is 13.2 Å². The van der Waals surface area contributed by atoms with E-state index in [9.17, 15) is 23.1 Å². The average molecular weight is 588 g/mol. The smallest absolute Gasteiger partial charge is 0.349 e. The lowest BCUT2D eigenvalue weighted by Crippen LogP contribution is -2.30. The molecule has 0 unspecified atom stereocenters. The molecule has 2 heterocycles. The van der Waals surface area contributed by atoms with E-state index in [4.69, 9.17) is 4.74 Å². The summed E-state index contributed by atoms with van der Waals surface area (Å²) in [4.78, 5) is 25.1. The minimum atomic E-state index is -3.85. The van der Waals surface area contributed by atoms with Gasteiger partial charge in [0.15, 0.2) is 5.75 Å². The number of hydrogen-bond donors (Lipinski definition) is 2.